The van der Waals surface area contributed by atoms with Crippen LogP contribution in [0.4, 0.5) is 0 Å². The Labute approximate surface area is 105 Å². The molecule has 0 aromatic carbocycles. The third kappa shape index (κ3) is 1.78. The highest BCUT2D eigenvalue weighted by Crippen LogP contribution is 2.53. The molecule has 94 valence electrons. The van der Waals surface area contributed by atoms with Gasteiger partial charge >= 0.3 is 0 Å². The van der Waals surface area contributed by atoms with E-state index in [-0.39, 0.29) is 0 Å². The van der Waals surface area contributed by atoms with Gasteiger partial charge in [-0.15, -0.1) is 0 Å². The van der Waals surface area contributed by atoms with Gasteiger partial charge in [0.15, 0.2) is 0 Å². The molecule has 0 radical (unpaired) electrons. The van der Waals surface area contributed by atoms with Crippen molar-refractivity contribution in [1.29, 1.82) is 0 Å². The molecule has 0 N–H and O–H groups in total. The number of hydrogen-bond donors (Lipinski definition) is 0. The molecule has 0 unspecified atom stereocenters. The molecule has 0 bridgehead atoms. The van der Waals surface area contributed by atoms with E-state index < -0.39 is 0 Å². The van der Waals surface area contributed by atoms with Crippen LogP contribution in [-0.4, -0.2) is 5.78 Å². The molecule has 3 aliphatic carbocycles. The van der Waals surface area contributed by atoms with Gasteiger partial charge in [-0.3, -0.25) is 4.79 Å². The monoisotopic (exact) mass is 232 g/mol. The highest BCUT2D eigenvalue weighted by molar-refractivity contribution is 5.84. The topological polar surface area (TPSA) is 17.1 Å². The van der Waals surface area contributed by atoms with E-state index in [4.69, 9.17) is 0 Å². The van der Waals surface area contributed by atoms with Crippen molar-refractivity contribution in [2.45, 2.75) is 58.8 Å². The van der Waals surface area contributed by atoms with Gasteiger partial charge in [0, 0.05) is 12.3 Å². The minimum Gasteiger partial charge on any atom is -0.299 e. The number of ketones is 1. The molecule has 1 nitrogen and oxygen atoms in total. The van der Waals surface area contributed by atoms with Crippen molar-refractivity contribution in [2.24, 2.45) is 23.2 Å². The average Bonchev–Trinajstić information content (AvgIpc) is 2.80. The molecule has 0 aliphatic heterocycles. The lowest BCUT2D eigenvalue weighted by Gasteiger charge is -2.37. The van der Waals surface area contributed by atoms with Gasteiger partial charge in [0.25, 0.3) is 0 Å². The number of hydrogen-bond acceptors (Lipinski definition) is 1. The summed E-state index contributed by atoms with van der Waals surface area (Å²) in [6.45, 7) is 4.70. The predicted molar refractivity (Wildman–Crippen MR) is 69.7 cm³/mol. The first-order chi connectivity index (χ1) is 8.10. The summed E-state index contributed by atoms with van der Waals surface area (Å²) in [7, 11) is 0. The molecule has 0 spiro atoms. The Hall–Kier alpha value is -0.590. The van der Waals surface area contributed by atoms with Crippen LogP contribution in [0.5, 0.6) is 0 Å². The van der Waals surface area contributed by atoms with Crippen LogP contribution in [-0.2, 0) is 4.79 Å². The molecule has 3 aliphatic rings. The quantitative estimate of drug-likeness (QED) is 0.574. The largest absolute Gasteiger partial charge is 0.299 e. The summed E-state index contributed by atoms with van der Waals surface area (Å²) < 4.78 is 0. The molecule has 0 amide bonds. The molecular weight excluding hydrogens is 208 g/mol. The molecule has 1 heteroatoms. The normalized spacial score (nSPS) is 48.9. The van der Waals surface area contributed by atoms with E-state index in [0.29, 0.717) is 23.0 Å². The number of allylic oxidation sites excluding steroid dienone is 2. The van der Waals surface area contributed by atoms with Crippen molar-refractivity contribution in [3.05, 3.63) is 11.6 Å². The molecule has 0 heterocycles. The Bertz CT molecular complexity index is 368. The smallest absolute Gasteiger partial charge is 0.136 e. The third-order valence-corrected chi connectivity index (χ3v) is 5.88. The molecular formula is C16H24O. The predicted octanol–water partition coefficient (Wildman–Crippen LogP) is 4.13. The summed E-state index contributed by atoms with van der Waals surface area (Å²) in [4.78, 5) is 12.1. The number of carbonyl (C=O) groups excluding carboxylic acids is 1. The summed E-state index contributed by atoms with van der Waals surface area (Å²) in [5.74, 6) is 2.33. The summed E-state index contributed by atoms with van der Waals surface area (Å²) in [5, 5.41) is 0. The first-order valence-electron chi connectivity index (χ1n) is 7.29. The first kappa shape index (κ1) is 11.5. The van der Waals surface area contributed by atoms with Crippen molar-refractivity contribution >= 4 is 5.78 Å². The van der Waals surface area contributed by atoms with E-state index in [1.54, 1.807) is 0 Å². The van der Waals surface area contributed by atoms with Crippen molar-refractivity contribution in [2.75, 3.05) is 0 Å². The summed E-state index contributed by atoms with van der Waals surface area (Å²) in [5.41, 5.74) is 1.97. The fraction of sp³-hybridized carbons (Fsp3) is 0.812. The average molecular weight is 232 g/mol. The molecule has 3 rings (SSSR count). The first-order valence-corrected chi connectivity index (χ1v) is 7.29. The van der Waals surface area contributed by atoms with E-state index in [1.165, 1.54) is 37.7 Å². The summed E-state index contributed by atoms with van der Waals surface area (Å²) in [6, 6.07) is 0. The molecule has 4 atom stereocenters. The van der Waals surface area contributed by atoms with Gasteiger partial charge in [-0.1, -0.05) is 25.0 Å². The standard InChI is InChI=1S/C16H24O/c1-11-5-6-12-4-3-9-16(12,2)10-14-13(11)7-8-15(14)17/h5,12-14H,3-4,6-10H2,1-2H3/b11-5-/t12-,13-,14-,16-/m0/s1. The third-order valence-electron chi connectivity index (χ3n) is 5.88. The van der Waals surface area contributed by atoms with Gasteiger partial charge in [-0.25, -0.2) is 0 Å². The Morgan fingerprint density at radius 3 is 2.94 bits per heavy atom. The van der Waals surface area contributed by atoms with Gasteiger partial charge in [-0.2, -0.15) is 0 Å². The molecule has 0 aromatic rings. The Morgan fingerprint density at radius 2 is 2.12 bits per heavy atom. The lowest BCUT2D eigenvalue weighted by molar-refractivity contribution is -0.122. The minimum atomic E-state index is 0.358. The molecule has 17 heavy (non-hydrogen) atoms. The van der Waals surface area contributed by atoms with Crippen molar-refractivity contribution < 1.29 is 4.79 Å². The number of rotatable bonds is 0. The van der Waals surface area contributed by atoms with Crippen molar-refractivity contribution in [1.82, 2.24) is 0 Å². The van der Waals surface area contributed by atoms with Crippen LogP contribution >= 0.6 is 0 Å². The van der Waals surface area contributed by atoms with Crippen LogP contribution in [0.2, 0.25) is 0 Å². The van der Waals surface area contributed by atoms with Gasteiger partial charge < -0.3 is 0 Å². The zero-order chi connectivity index (χ0) is 12.0. The Morgan fingerprint density at radius 1 is 1.29 bits per heavy atom. The van der Waals surface area contributed by atoms with Gasteiger partial charge in [0.05, 0.1) is 0 Å². The van der Waals surface area contributed by atoms with Gasteiger partial charge in [0.1, 0.15) is 5.78 Å². The van der Waals surface area contributed by atoms with E-state index >= 15 is 0 Å². The molecule has 2 saturated carbocycles. The van der Waals surface area contributed by atoms with E-state index in [1.807, 2.05) is 0 Å². The van der Waals surface area contributed by atoms with Gasteiger partial charge in [0.2, 0.25) is 0 Å². The summed E-state index contributed by atoms with van der Waals surface area (Å²) in [6.07, 6.45) is 11.0. The van der Waals surface area contributed by atoms with E-state index in [2.05, 4.69) is 19.9 Å². The number of Topliss-reactive ketones (excluding diaryl/α,β-unsaturated/α-hetero) is 1. The number of carbonyl (C=O) groups is 1. The highest BCUT2D eigenvalue weighted by Gasteiger charge is 2.46. The van der Waals surface area contributed by atoms with Crippen LogP contribution in [0.15, 0.2) is 11.6 Å². The zero-order valence-corrected chi connectivity index (χ0v) is 11.2. The second-order valence-electron chi connectivity index (χ2n) is 6.85. The van der Waals surface area contributed by atoms with Crippen LogP contribution < -0.4 is 0 Å². The highest BCUT2D eigenvalue weighted by atomic mass is 16.1. The second-order valence-corrected chi connectivity index (χ2v) is 6.85. The maximum absolute atomic E-state index is 12.1. The van der Waals surface area contributed by atoms with Crippen LogP contribution in [0.25, 0.3) is 0 Å². The van der Waals surface area contributed by atoms with Crippen LogP contribution in [0.1, 0.15) is 58.8 Å². The lowest BCUT2D eigenvalue weighted by Crippen LogP contribution is -2.31. The van der Waals surface area contributed by atoms with Crippen LogP contribution in [0.3, 0.4) is 0 Å². The number of fused-ring (bicyclic) bond motifs is 2. The maximum atomic E-state index is 12.1. The molecule has 2 fully saturated rings. The van der Waals surface area contributed by atoms with Crippen molar-refractivity contribution in [3.63, 3.8) is 0 Å². The van der Waals surface area contributed by atoms with Crippen molar-refractivity contribution in [3.8, 4) is 0 Å². The van der Waals surface area contributed by atoms with E-state index in [9.17, 15) is 4.79 Å². The van der Waals surface area contributed by atoms with Crippen LogP contribution in [0, 0.1) is 23.2 Å². The molecule has 0 saturated heterocycles. The molecule has 0 aromatic heterocycles. The fourth-order valence-electron chi connectivity index (χ4n) is 4.67. The SMILES string of the molecule is C/C1=C/C[C@@H]2CCC[C@@]2(C)C[C@@H]2C(=O)CC[C@@H]12. The van der Waals surface area contributed by atoms with Gasteiger partial charge in [-0.05, 0) is 56.3 Å². The summed E-state index contributed by atoms with van der Waals surface area (Å²) >= 11 is 0. The van der Waals surface area contributed by atoms with E-state index in [0.717, 1.165) is 18.8 Å². The maximum Gasteiger partial charge on any atom is 0.136 e. The fourth-order valence-corrected chi connectivity index (χ4v) is 4.67. The lowest BCUT2D eigenvalue weighted by atomic mass is 9.67. The zero-order valence-electron chi connectivity index (χ0n) is 11.2. The Kier molecular flexibility index (Phi) is 2.68. The Balaban J connectivity index is 1.95. The second kappa shape index (κ2) is 3.96. The minimum absolute atomic E-state index is 0.358.